The fourth-order valence-corrected chi connectivity index (χ4v) is 3.13. The topological polar surface area (TPSA) is 41.3 Å². The maximum atomic E-state index is 9.66. The molecule has 1 N–H and O–H groups in total. The number of hydrogen-bond acceptors (Lipinski definition) is 3. The van der Waals surface area contributed by atoms with Gasteiger partial charge in [0.2, 0.25) is 0 Å². The molecule has 1 unspecified atom stereocenters. The molecule has 3 rings (SSSR count). The van der Waals surface area contributed by atoms with Gasteiger partial charge in [-0.1, -0.05) is 0 Å². The summed E-state index contributed by atoms with van der Waals surface area (Å²) in [5.41, 5.74) is 1.23. The van der Waals surface area contributed by atoms with E-state index in [-0.39, 0.29) is 6.10 Å². The maximum absolute atomic E-state index is 9.66. The zero-order chi connectivity index (χ0) is 12.5. The summed E-state index contributed by atoms with van der Waals surface area (Å²) >= 11 is 0. The SMILES string of the molecule is CN1CCC(Cc2cn3c(n2)CC(O)CC3)CC1. The molecule has 4 heteroatoms. The molecule has 2 aliphatic rings. The fraction of sp³-hybridized carbons (Fsp3) is 0.786. The van der Waals surface area contributed by atoms with E-state index in [9.17, 15) is 5.11 Å². The Morgan fingerprint density at radius 3 is 2.83 bits per heavy atom. The first-order chi connectivity index (χ1) is 8.70. The first kappa shape index (κ1) is 12.2. The Balaban J connectivity index is 1.63. The van der Waals surface area contributed by atoms with Crippen molar-refractivity contribution in [3.8, 4) is 0 Å². The summed E-state index contributed by atoms with van der Waals surface area (Å²) < 4.78 is 2.23. The monoisotopic (exact) mass is 249 g/mol. The number of imidazole rings is 1. The Kier molecular flexibility index (Phi) is 3.39. The Morgan fingerprint density at radius 2 is 2.06 bits per heavy atom. The molecule has 0 bridgehead atoms. The van der Waals surface area contributed by atoms with E-state index in [1.807, 2.05) is 0 Å². The number of aliphatic hydroxyl groups is 1. The highest BCUT2D eigenvalue weighted by atomic mass is 16.3. The van der Waals surface area contributed by atoms with Crippen LogP contribution in [0.3, 0.4) is 0 Å². The molecule has 1 fully saturated rings. The smallest absolute Gasteiger partial charge is 0.111 e. The van der Waals surface area contributed by atoms with Crippen molar-refractivity contribution in [1.82, 2.24) is 14.5 Å². The average molecular weight is 249 g/mol. The van der Waals surface area contributed by atoms with E-state index < -0.39 is 0 Å². The molecule has 3 heterocycles. The van der Waals surface area contributed by atoms with Crippen LogP contribution in [-0.2, 0) is 19.4 Å². The number of hydrogen-bond donors (Lipinski definition) is 1. The summed E-state index contributed by atoms with van der Waals surface area (Å²) in [6.45, 7) is 3.37. The lowest BCUT2D eigenvalue weighted by Crippen LogP contribution is -2.31. The average Bonchev–Trinajstić information content (AvgIpc) is 2.73. The van der Waals surface area contributed by atoms with E-state index in [2.05, 4.69) is 22.7 Å². The predicted octanol–water partition coefficient (Wildman–Crippen LogP) is 1.07. The van der Waals surface area contributed by atoms with Crippen LogP contribution in [0, 0.1) is 5.92 Å². The number of aliphatic hydroxyl groups excluding tert-OH is 1. The molecule has 0 aliphatic carbocycles. The number of fused-ring (bicyclic) bond motifs is 1. The lowest BCUT2D eigenvalue weighted by atomic mass is 9.93. The number of likely N-dealkylation sites (tertiary alicyclic amines) is 1. The van der Waals surface area contributed by atoms with Gasteiger partial charge in [-0.15, -0.1) is 0 Å². The predicted molar refractivity (Wildman–Crippen MR) is 70.5 cm³/mol. The largest absolute Gasteiger partial charge is 0.393 e. The van der Waals surface area contributed by atoms with E-state index in [1.165, 1.54) is 31.6 Å². The molecule has 4 nitrogen and oxygen atoms in total. The van der Waals surface area contributed by atoms with Gasteiger partial charge in [0.1, 0.15) is 5.82 Å². The van der Waals surface area contributed by atoms with Crippen molar-refractivity contribution in [1.29, 1.82) is 0 Å². The highest BCUT2D eigenvalue weighted by Gasteiger charge is 2.21. The second-order valence-electron chi connectivity index (χ2n) is 5.94. The summed E-state index contributed by atoms with van der Waals surface area (Å²) in [5, 5.41) is 9.66. The minimum Gasteiger partial charge on any atom is -0.393 e. The van der Waals surface area contributed by atoms with Crippen LogP contribution in [-0.4, -0.2) is 45.8 Å². The molecular formula is C14H23N3O. The third-order valence-electron chi connectivity index (χ3n) is 4.37. The molecular weight excluding hydrogens is 226 g/mol. The van der Waals surface area contributed by atoms with Gasteiger partial charge in [-0.3, -0.25) is 0 Å². The molecule has 100 valence electrons. The summed E-state index contributed by atoms with van der Waals surface area (Å²) in [4.78, 5) is 7.11. The minimum atomic E-state index is -0.184. The standard InChI is InChI=1S/C14H23N3O/c1-16-5-2-11(3-6-16)8-12-10-17-7-4-13(18)9-14(17)15-12/h10-11,13,18H,2-9H2,1H3. The zero-order valence-corrected chi connectivity index (χ0v) is 11.2. The Morgan fingerprint density at radius 1 is 1.28 bits per heavy atom. The molecule has 1 aromatic rings. The number of nitrogens with zero attached hydrogens (tertiary/aromatic N) is 3. The normalized spacial score (nSPS) is 26.2. The van der Waals surface area contributed by atoms with Crippen LogP contribution in [0.1, 0.15) is 30.8 Å². The molecule has 1 aromatic heterocycles. The summed E-state index contributed by atoms with van der Waals surface area (Å²) in [7, 11) is 2.20. The van der Waals surface area contributed by atoms with Gasteiger partial charge in [-0.05, 0) is 51.7 Å². The van der Waals surface area contributed by atoms with Crippen LogP contribution in [0.4, 0.5) is 0 Å². The second-order valence-corrected chi connectivity index (χ2v) is 5.94. The van der Waals surface area contributed by atoms with Crippen molar-refractivity contribution in [2.24, 2.45) is 5.92 Å². The van der Waals surface area contributed by atoms with Crippen molar-refractivity contribution >= 4 is 0 Å². The third kappa shape index (κ3) is 2.59. The van der Waals surface area contributed by atoms with Crippen molar-refractivity contribution in [3.63, 3.8) is 0 Å². The molecule has 2 aliphatic heterocycles. The van der Waals surface area contributed by atoms with E-state index in [1.54, 1.807) is 0 Å². The summed E-state index contributed by atoms with van der Waals surface area (Å²) in [6.07, 6.45) is 7.33. The van der Waals surface area contributed by atoms with Gasteiger partial charge in [-0.25, -0.2) is 4.98 Å². The Hall–Kier alpha value is -0.870. The Bertz CT molecular complexity index is 407. The van der Waals surface area contributed by atoms with Crippen molar-refractivity contribution in [2.45, 2.75) is 44.8 Å². The second kappa shape index (κ2) is 5.02. The van der Waals surface area contributed by atoms with E-state index in [0.717, 1.165) is 37.5 Å². The number of aromatic nitrogens is 2. The van der Waals surface area contributed by atoms with E-state index in [0.29, 0.717) is 0 Å². The first-order valence-corrected chi connectivity index (χ1v) is 7.12. The van der Waals surface area contributed by atoms with E-state index in [4.69, 9.17) is 4.98 Å². The zero-order valence-electron chi connectivity index (χ0n) is 11.2. The van der Waals surface area contributed by atoms with Gasteiger partial charge in [0.05, 0.1) is 11.8 Å². The third-order valence-corrected chi connectivity index (χ3v) is 4.37. The lowest BCUT2D eigenvalue weighted by molar-refractivity contribution is 0.141. The van der Waals surface area contributed by atoms with Gasteiger partial charge in [0.25, 0.3) is 0 Å². The van der Waals surface area contributed by atoms with Crippen molar-refractivity contribution in [3.05, 3.63) is 17.7 Å². The summed E-state index contributed by atoms with van der Waals surface area (Å²) in [6, 6.07) is 0. The number of piperidine rings is 1. The highest BCUT2D eigenvalue weighted by molar-refractivity contribution is 5.08. The molecule has 0 amide bonds. The highest BCUT2D eigenvalue weighted by Crippen LogP contribution is 2.22. The molecule has 0 saturated carbocycles. The minimum absolute atomic E-state index is 0.184. The maximum Gasteiger partial charge on any atom is 0.111 e. The Labute approximate surface area is 109 Å². The van der Waals surface area contributed by atoms with Gasteiger partial charge in [0.15, 0.2) is 0 Å². The van der Waals surface area contributed by atoms with Gasteiger partial charge in [0, 0.05) is 19.2 Å². The van der Waals surface area contributed by atoms with Crippen LogP contribution in [0.15, 0.2) is 6.20 Å². The number of aryl methyl sites for hydroxylation is 1. The quantitative estimate of drug-likeness (QED) is 0.852. The fourth-order valence-electron chi connectivity index (χ4n) is 3.13. The van der Waals surface area contributed by atoms with Crippen LogP contribution < -0.4 is 0 Å². The molecule has 0 aromatic carbocycles. The van der Waals surface area contributed by atoms with Crippen molar-refractivity contribution < 1.29 is 5.11 Å². The molecule has 0 radical (unpaired) electrons. The summed E-state index contributed by atoms with van der Waals surface area (Å²) in [5.74, 6) is 1.87. The number of rotatable bonds is 2. The van der Waals surface area contributed by atoms with E-state index >= 15 is 0 Å². The van der Waals surface area contributed by atoms with Crippen molar-refractivity contribution in [2.75, 3.05) is 20.1 Å². The van der Waals surface area contributed by atoms with Crippen LogP contribution >= 0.6 is 0 Å². The van der Waals surface area contributed by atoms with Crippen LogP contribution in [0.25, 0.3) is 0 Å². The molecule has 1 saturated heterocycles. The van der Waals surface area contributed by atoms with Gasteiger partial charge < -0.3 is 14.6 Å². The first-order valence-electron chi connectivity index (χ1n) is 7.12. The molecule has 1 atom stereocenters. The van der Waals surface area contributed by atoms with Crippen LogP contribution in [0.5, 0.6) is 0 Å². The van der Waals surface area contributed by atoms with Gasteiger partial charge in [-0.2, -0.15) is 0 Å². The molecule has 0 spiro atoms. The molecule has 18 heavy (non-hydrogen) atoms. The van der Waals surface area contributed by atoms with Gasteiger partial charge >= 0.3 is 0 Å². The van der Waals surface area contributed by atoms with Crippen LogP contribution in [0.2, 0.25) is 0 Å². The lowest BCUT2D eigenvalue weighted by Gasteiger charge is -2.28.